The molecular formula is C29H22ClF3N6O. The van der Waals surface area contributed by atoms with Gasteiger partial charge in [0.25, 0.3) is 5.56 Å². The van der Waals surface area contributed by atoms with Crippen molar-refractivity contribution in [2.75, 3.05) is 0 Å². The Morgan fingerprint density at radius 1 is 0.950 bits per heavy atom. The standard InChI is InChI=1S/C29H22ClF3N6O/c1-14-11-35-26(17-5-4-6-18(24(17)32)28-36-13-37-38(28)3)25(33)27(14)39-15(2)9-21(23(30)29(39)40)19-10-20(19)22-8-7-16(31)12-34-22/h4-9,11-13,19-20H,10H2,1-3H3/t19-,20-/m0/s1. The molecule has 6 rings (SSSR count). The van der Waals surface area contributed by atoms with Gasteiger partial charge in [0.15, 0.2) is 11.6 Å². The zero-order chi connectivity index (χ0) is 28.3. The molecule has 40 heavy (non-hydrogen) atoms. The lowest BCUT2D eigenvalue weighted by atomic mass is 10.0. The second kappa shape index (κ2) is 9.71. The minimum atomic E-state index is -0.858. The largest absolute Gasteiger partial charge is 0.277 e. The van der Waals surface area contributed by atoms with Crippen LogP contribution in [0.1, 0.15) is 40.8 Å². The van der Waals surface area contributed by atoms with Crippen LogP contribution in [0.5, 0.6) is 0 Å². The second-order valence-corrected chi connectivity index (χ2v) is 10.3. The summed E-state index contributed by atoms with van der Waals surface area (Å²) in [5, 5.41) is 3.94. The molecule has 0 bridgehead atoms. The van der Waals surface area contributed by atoms with Crippen LogP contribution in [0.25, 0.3) is 28.3 Å². The van der Waals surface area contributed by atoms with Crippen LogP contribution in [0, 0.1) is 31.3 Å². The summed E-state index contributed by atoms with van der Waals surface area (Å²) < 4.78 is 47.8. The van der Waals surface area contributed by atoms with Gasteiger partial charge >= 0.3 is 0 Å². The van der Waals surface area contributed by atoms with Crippen LogP contribution in [0.15, 0.2) is 59.9 Å². The molecule has 0 unspecified atom stereocenters. The Kier molecular flexibility index (Phi) is 6.29. The molecule has 1 aliphatic rings. The minimum Gasteiger partial charge on any atom is -0.277 e. The summed E-state index contributed by atoms with van der Waals surface area (Å²) >= 11 is 6.59. The van der Waals surface area contributed by atoms with Gasteiger partial charge in [0.1, 0.15) is 28.7 Å². The van der Waals surface area contributed by atoms with Gasteiger partial charge in [0, 0.05) is 36.1 Å². The zero-order valence-electron chi connectivity index (χ0n) is 21.7. The summed E-state index contributed by atoms with van der Waals surface area (Å²) in [5.41, 5.74) is 1.32. The number of aromatic nitrogens is 6. The summed E-state index contributed by atoms with van der Waals surface area (Å²) in [5.74, 6) is -1.79. The Hall–Kier alpha value is -4.31. The summed E-state index contributed by atoms with van der Waals surface area (Å²) in [6.45, 7) is 3.30. The molecule has 4 aromatic heterocycles. The van der Waals surface area contributed by atoms with E-state index in [0.717, 1.165) is 11.9 Å². The predicted octanol–water partition coefficient (Wildman–Crippen LogP) is 6.05. The average molecular weight is 563 g/mol. The normalized spacial score (nSPS) is 16.4. The maximum atomic E-state index is 16.2. The lowest BCUT2D eigenvalue weighted by molar-refractivity contribution is 0.601. The monoisotopic (exact) mass is 562 g/mol. The number of hydrogen-bond donors (Lipinski definition) is 0. The smallest absolute Gasteiger partial charge is 0.274 e. The van der Waals surface area contributed by atoms with Gasteiger partial charge in [0.05, 0.1) is 17.4 Å². The number of aryl methyl sites for hydroxylation is 3. The molecule has 0 aliphatic heterocycles. The van der Waals surface area contributed by atoms with Gasteiger partial charge in [-0.3, -0.25) is 19.3 Å². The highest BCUT2D eigenvalue weighted by Gasteiger charge is 2.42. The fourth-order valence-corrected chi connectivity index (χ4v) is 5.49. The van der Waals surface area contributed by atoms with E-state index in [9.17, 15) is 9.18 Å². The van der Waals surface area contributed by atoms with E-state index in [-0.39, 0.29) is 45.2 Å². The van der Waals surface area contributed by atoms with Crippen molar-refractivity contribution in [3.8, 4) is 28.3 Å². The SMILES string of the molecule is Cc1cnc(-c2cccc(-c3ncnn3C)c2F)c(F)c1-n1c(C)cc([C@H]2C[C@@H]2c2ccc(F)cn2)c(Cl)c1=O. The van der Waals surface area contributed by atoms with Crippen molar-refractivity contribution in [1.29, 1.82) is 0 Å². The molecule has 1 fully saturated rings. The maximum Gasteiger partial charge on any atom is 0.274 e. The fourth-order valence-electron chi connectivity index (χ4n) is 5.21. The van der Waals surface area contributed by atoms with Crippen molar-refractivity contribution in [3.63, 3.8) is 0 Å². The highest BCUT2D eigenvalue weighted by atomic mass is 35.5. The first kappa shape index (κ1) is 25.9. The van der Waals surface area contributed by atoms with Gasteiger partial charge in [-0.2, -0.15) is 5.10 Å². The summed E-state index contributed by atoms with van der Waals surface area (Å²) in [6.07, 6.45) is 4.56. The van der Waals surface area contributed by atoms with Gasteiger partial charge < -0.3 is 0 Å². The number of pyridine rings is 3. The van der Waals surface area contributed by atoms with Crippen LogP contribution in [0.3, 0.4) is 0 Å². The van der Waals surface area contributed by atoms with Crippen molar-refractivity contribution in [3.05, 3.63) is 110 Å². The number of hydrogen-bond acceptors (Lipinski definition) is 5. The van der Waals surface area contributed by atoms with E-state index in [1.807, 2.05) is 0 Å². The first-order valence-electron chi connectivity index (χ1n) is 12.5. The summed E-state index contributed by atoms with van der Waals surface area (Å²) in [4.78, 5) is 26.0. The lowest BCUT2D eigenvalue weighted by Crippen LogP contribution is -2.24. The number of benzene rings is 1. The van der Waals surface area contributed by atoms with Crippen LogP contribution in [0.2, 0.25) is 5.02 Å². The number of nitrogens with zero attached hydrogens (tertiary/aromatic N) is 6. The van der Waals surface area contributed by atoms with E-state index in [2.05, 4.69) is 20.1 Å². The van der Waals surface area contributed by atoms with Gasteiger partial charge in [-0.15, -0.1) is 0 Å². The molecule has 4 heterocycles. The molecule has 5 aromatic rings. The first-order valence-corrected chi connectivity index (χ1v) is 12.9. The van der Waals surface area contributed by atoms with Gasteiger partial charge in [-0.25, -0.2) is 22.8 Å². The molecule has 0 amide bonds. The van der Waals surface area contributed by atoms with Gasteiger partial charge in [-0.05, 0) is 67.6 Å². The second-order valence-electron chi connectivity index (χ2n) is 9.87. The molecule has 0 spiro atoms. The van der Waals surface area contributed by atoms with Gasteiger partial charge in [-0.1, -0.05) is 17.7 Å². The van der Waals surface area contributed by atoms with E-state index < -0.39 is 23.0 Å². The van der Waals surface area contributed by atoms with Crippen LogP contribution in [-0.2, 0) is 7.05 Å². The topological polar surface area (TPSA) is 78.5 Å². The van der Waals surface area contributed by atoms with E-state index in [1.54, 1.807) is 39.1 Å². The van der Waals surface area contributed by atoms with Crippen molar-refractivity contribution in [1.82, 2.24) is 29.3 Å². The molecule has 7 nitrogen and oxygen atoms in total. The Bertz CT molecular complexity index is 1850. The highest BCUT2D eigenvalue weighted by Crippen LogP contribution is 2.55. The molecule has 2 atom stereocenters. The Balaban J connectivity index is 1.44. The van der Waals surface area contributed by atoms with Crippen molar-refractivity contribution in [2.24, 2.45) is 7.05 Å². The quantitative estimate of drug-likeness (QED) is 0.261. The molecule has 0 N–H and O–H groups in total. The summed E-state index contributed by atoms with van der Waals surface area (Å²) in [6, 6.07) is 9.25. The first-order chi connectivity index (χ1) is 19.2. The molecule has 202 valence electrons. The van der Waals surface area contributed by atoms with E-state index in [4.69, 9.17) is 11.6 Å². The highest BCUT2D eigenvalue weighted by molar-refractivity contribution is 6.31. The van der Waals surface area contributed by atoms with E-state index in [0.29, 0.717) is 23.2 Å². The third kappa shape index (κ3) is 4.19. The average Bonchev–Trinajstić information content (AvgIpc) is 3.61. The van der Waals surface area contributed by atoms with Gasteiger partial charge in [0.2, 0.25) is 0 Å². The molecule has 11 heteroatoms. The molecule has 1 aromatic carbocycles. The molecule has 1 saturated carbocycles. The Morgan fingerprint density at radius 3 is 2.42 bits per heavy atom. The van der Waals surface area contributed by atoms with Crippen molar-refractivity contribution < 1.29 is 13.2 Å². The van der Waals surface area contributed by atoms with Crippen LogP contribution < -0.4 is 5.56 Å². The third-order valence-corrected chi connectivity index (χ3v) is 7.67. The molecular weight excluding hydrogens is 541 g/mol. The minimum absolute atomic E-state index is 0.00270. The van der Waals surface area contributed by atoms with Crippen LogP contribution in [-0.4, -0.2) is 29.3 Å². The van der Waals surface area contributed by atoms with E-state index in [1.165, 1.54) is 40.0 Å². The Labute approximate surface area is 232 Å². The van der Waals surface area contributed by atoms with Crippen LogP contribution >= 0.6 is 11.6 Å². The predicted molar refractivity (Wildman–Crippen MR) is 144 cm³/mol. The summed E-state index contributed by atoms with van der Waals surface area (Å²) in [7, 11) is 1.62. The van der Waals surface area contributed by atoms with Crippen molar-refractivity contribution >= 4 is 11.6 Å². The molecule has 0 radical (unpaired) electrons. The van der Waals surface area contributed by atoms with E-state index >= 15 is 8.78 Å². The van der Waals surface area contributed by atoms with Crippen molar-refractivity contribution in [2.45, 2.75) is 32.1 Å². The fraction of sp³-hybridized carbons (Fsp3) is 0.207. The molecule has 0 saturated heterocycles. The third-order valence-electron chi connectivity index (χ3n) is 7.29. The van der Waals surface area contributed by atoms with Crippen LogP contribution in [0.4, 0.5) is 13.2 Å². The molecule has 1 aliphatic carbocycles. The number of halogens is 4. The maximum absolute atomic E-state index is 16.2. The lowest BCUT2D eigenvalue weighted by Gasteiger charge is -2.18. The number of rotatable bonds is 5. The Morgan fingerprint density at radius 2 is 1.73 bits per heavy atom. The zero-order valence-corrected chi connectivity index (χ0v) is 22.4.